The van der Waals surface area contributed by atoms with Gasteiger partial charge in [0.15, 0.2) is 0 Å². The van der Waals surface area contributed by atoms with Crippen LogP contribution in [0.3, 0.4) is 0 Å². The van der Waals surface area contributed by atoms with Crippen molar-refractivity contribution >= 4 is 5.91 Å². The van der Waals surface area contributed by atoms with E-state index in [9.17, 15) is 9.90 Å². The van der Waals surface area contributed by atoms with Crippen LogP contribution in [0.5, 0.6) is 5.75 Å². The molecule has 18 heavy (non-hydrogen) atoms. The van der Waals surface area contributed by atoms with Crippen LogP contribution < -0.4 is 5.32 Å². The fraction of sp³-hybridized carbons (Fsp3) is 0.500. The molecule has 0 radical (unpaired) electrons. The Balaban J connectivity index is 1.98. The van der Waals surface area contributed by atoms with Gasteiger partial charge < -0.3 is 19.9 Å². The van der Waals surface area contributed by atoms with Gasteiger partial charge in [-0.25, -0.2) is 0 Å². The SMILES string of the molecule is COC1(CNC(=O)c2ccncc2O)CCOC1. The number of carbonyl (C=O) groups is 1. The van der Waals surface area contributed by atoms with E-state index >= 15 is 0 Å². The van der Waals surface area contributed by atoms with Crippen molar-refractivity contribution in [2.75, 3.05) is 26.9 Å². The Morgan fingerprint density at radius 2 is 2.56 bits per heavy atom. The van der Waals surface area contributed by atoms with Gasteiger partial charge in [-0.2, -0.15) is 0 Å². The molecule has 1 saturated heterocycles. The zero-order chi connectivity index (χ0) is 13.0. The molecule has 0 bridgehead atoms. The summed E-state index contributed by atoms with van der Waals surface area (Å²) in [5.74, 6) is -0.484. The fourth-order valence-corrected chi connectivity index (χ4v) is 1.88. The van der Waals surface area contributed by atoms with Crippen LogP contribution in [-0.4, -0.2) is 48.5 Å². The fourth-order valence-electron chi connectivity index (χ4n) is 1.88. The monoisotopic (exact) mass is 252 g/mol. The number of amides is 1. The minimum Gasteiger partial charge on any atom is -0.505 e. The highest BCUT2D eigenvalue weighted by atomic mass is 16.5. The molecule has 0 aromatic carbocycles. The van der Waals surface area contributed by atoms with Gasteiger partial charge in [0, 0.05) is 32.9 Å². The molecule has 6 nitrogen and oxygen atoms in total. The number of aromatic nitrogens is 1. The predicted molar refractivity (Wildman–Crippen MR) is 63.4 cm³/mol. The van der Waals surface area contributed by atoms with E-state index in [2.05, 4.69) is 10.3 Å². The minimum atomic E-state index is -0.460. The van der Waals surface area contributed by atoms with Gasteiger partial charge in [-0.1, -0.05) is 0 Å². The summed E-state index contributed by atoms with van der Waals surface area (Å²) in [6, 6.07) is 1.47. The molecule has 1 aromatic rings. The van der Waals surface area contributed by atoms with E-state index < -0.39 is 5.60 Å². The lowest BCUT2D eigenvalue weighted by molar-refractivity contribution is -0.0148. The lowest BCUT2D eigenvalue weighted by Crippen LogP contribution is -2.45. The third kappa shape index (κ3) is 2.60. The van der Waals surface area contributed by atoms with E-state index in [-0.39, 0.29) is 17.2 Å². The van der Waals surface area contributed by atoms with Crippen molar-refractivity contribution in [3.63, 3.8) is 0 Å². The average Bonchev–Trinajstić information content (AvgIpc) is 2.86. The molecule has 1 aliphatic heterocycles. The first-order valence-corrected chi connectivity index (χ1v) is 5.71. The third-order valence-electron chi connectivity index (χ3n) is 3.12. The second kappa shape index (κ2) is 5.32. The van der Waals surface area contributed by atoms with Crippen molar-refractivity contribution in [2.45, 2.75) is 12.0 Å². The molecule has 2 rings (SSSR count). The van der Waals surface area contributed by atoms with Crippen LogP contribution in [0.15, 0.2) is 18.5 Å². The lowest BCUT2D eigenvalue weighted by atomic mass is 10.0. The van der Waals surface area contributed by atoms with E-state index in [4.69, 9.17) is 9.47 Å². The Kier molecular flexibility index (Phi) is 3.78. The second-order valence-corrected chi connectivity index (χ2v) is 4.27. The Hall–Kier alpha value is -1.66. The molecule has 1 aliphatic rings. The Morgan fingerprint density at radius 1 is 1.72 bits per heavy atom. The van der Waals surface area contributed by atoms with Crippen molar-refractivity contribution < 1.29 is 19.4 Å². The van der Waals surface area contributed by atoms with E-state index in [0.717, 1.165) is 6.42 Å². The first-order valence-electron chi connectivity index (χ1n) is 5.71. The number of carbonyl (C=O) groups excluding carboxylic acids is 1. The first-order chi connectivity index (χ1) is 8.67. The summed E-state index contributed by atoms with van der Waals surface area (Å²) >= 11 is 0. The van der Waals surface area contributed by atoms with Gasteiger partial charge in [-0.3, -0.25) is 9.78 Å². The number of nitrogens with zero attached hydrogens (tertiary/aromatic N) is 1. The number of rotatable bonds is 4. The van der Waals surface area contributed by atoms with Crippen LogP contribution in [0.25, 0.3) is 0 Å². The third-order valence-corrected chi connectivity index (χ3v) is 3.12. The van der Waals surface area contributed by atoms with E-state index in [1.807, 2.05) is 0 Å². The summed E-state index contributed by atoms with van der Waals surface area (Å²) in [5.41, 5.74) is -0.256. The molecule has 1 aromatic heterocycles. The Labute approximate surface area is 105 Å². The molecule has 1 unspecified atom stereocenters. The second-order valence-electron chi connectivity index (χ2n) is 4.27. The predicted octanol–water partition coefficient (Wildman–Crippen LogP) is 0.322. The molecule has 6 heteroatoms. The van der Waals surface area contributed by atoms with Gasteiger partial charge in [0.25, 0.3) is 5.91 Å². The number of nitrogens with one attached hydrogen (secondary N) is 1. The summed E-state index contributed by atoms with van der Waals surface area (Å²) in [5, 5.41) is 12.3. The van der Waals surface area contributed by atoms with Crippen LogP contribution in [0, 0.1) is 0 Å². The van der Waals surface area contributed by atoms with Gasteiger partial charge in [0.2, 0.25) is 0 Å². The zero-order valence-electron chi connectivity index (χ0n) is 10.2. The highest BCUT2D eigenvalue weighted by Gasteiger charge is 2.35. The summed E-state index contributed by atoms with van der Waals surface area (Å²) in [7, 11) is 1.60. The lowest BCUT2D eigenvalue weighted by Gasteiger charge is -2.25. The summed E-state index contributed by atoms with van der Waals surface area (Å²) < 4.78 is 10.7. The average molecular weight is 252 g/mol. The molecule has 2 heterocycles. The molecule has 0 spiro atoms. The highest BCUT2D eigenvalue weighted by Crippen LogP contribution is 2.22. The molecule has 98 valence electrons. The van der Waals surface area contributed by atoms with Crippen LogP contribution >= 0.6 is 0 Å². The number of hydrogen-bond donors (Lipinski definition) is 2. The molecular weight excluding hydrogens is 236 g/mol. The van der Waals surface area contributed by atoms with E-state index in [1.165, 1.54) is 18.5 Å². The summed E-state index contributed by atoms with van der Waals surface area (Å²) in [6.45, 7) is 1.44. The van der Waals surface area contributed by atoms with Crippen LogP contribution in [0.1, 0.15) is 16.8 Å². The number of pyridine rings is 1. The maximum absolute atomic E-state index is 11.9. The summed E-state index contributed by atoms with van der Waals surface area (Å²) in [6.07, 6.45) is 3.44. The molecule has 2 N–H and O–H groups in total. The zero-order valence-corrected chi connectivity index (χ0v) is 10.2. The van der Waals surface area contributed by atoms with Crippen molar-refractivity contribution in [3.05, 3.63) is 24.0 Å². The number of methoxy groups -OCH3 is 1. The molecular formula is C12H16N2O4. The van der Waals surface area contributed by atoms with Crippen LogP contribution in [-0.2, 0) is 9.47 Å². The molecule has 1 fully saturated rings. The molecule has 1 amide bonds. The smallest absolute Gasteiger partial charge is 0.255 e. The van der Waals surface area contributed by atoms with Gasteiger partial charge in [-0.05, 0) is 6.07 Å². The Bertz CT molecular complexity index is 430. The quantitative estimate of drug-likeness (QED) is 0.806. The standard InChI is InChI=1S/C12H16N2O4/c1-17-12(3-5-18-8-12)7-14-11(16)9-2-4-13-6-10(9)15/h2,4,6,15H,3,5,7-8H2,1H3,(H,14,16). The molecule has 1 atom stereocenters. The van der Waals surface area contributed by atoms with Crippen LogP contribution in [0.4, 0.5) is 0 Å². The molecule has 0 aliphatic carbocycles. The van der Waals surface area contributed by atoms with Gasteiger partial charge in [0.05, 0.1) is 18.4 Å². The van der Waals surface area contributed by atoms with Crippen molar-refractivity contribution in [2.24, 2.45) is 0 Å². The maximum Gasteiger partial charge on any atom is 0.255 e. The van der Waals surface area contributed by atoms with Crippen molar-refractivity contribution in [1.82, 2.24) is 10.3 Å². The maximum atomic E-state index is 11.9. The van der Waals surface area contributed by atoms with Gasteiger partial charge in [0.1, 0.15) is 11.4 Å². The first kappa shape index (κ1) is 12.8. The normalized spacial score (nSPS) is 22.9. The summed E-state index contributed by atoms with van der Waals surface area (Å²) in [4.78, 5) is 15.6. The van der Waals surface area contributed by atoms with Crippen molar-refractivity contribution in [3.8, 4) is 5.75 Å². The number of aromatic hydroxyl groups is 1. The highest BCUT2D eigenvalue weighted by molar-refractivity contribution is 5.96. The van der Waals surface area contributed by atoms with E-state index in [0.29, 0.717) is 19.8 Å². The minimum absolute atomic E-state index is 0.135. The Morgan fingerprint density at radius 3 is 3.17 bits per heavy atom. The van der Waals surface area contributed by atoms with E-state index in [1.54, 1.807) is 7.11 Å². The van der Waals surface area contributed by atoms with Gasteiger partial charge in [-0.15, -0.1) is 0 Å². The van der Waals surface area contributed by atoms with Gasteiger partial charge >= 0.3 is 0 Å². The number of hydrogen-bond acceptors (Lipinski definition) is 5. The largest absolute Gasteiger partial charge is 0.505 e. The molecule has 0 saturated carbocycles. The number of ether oxygens (including phenoxy) is 2. The van der Waals surface area contributed by atoms with Crippen LogP contribution in [0.2, 0.25) is 0 Å². The topological polar surface area (TPSA) is 80.7 Å². The van der Waals surface area contributed by atoms with Crippen molar-refractivity contribution in [1.29, 1.82) is 0 Å².